The Balaban J connectivity index is 2.28. The Labute approximate surface area is 115 Å². The number of carbonyl (C=O) groups is 1. The number of hydrogen-bond donors (Lipinski definition) is 1. The fourth-order valence-electron chi connectivity index (χ4n) is 1.56. The predicted octanol–water partition coefficient (Wildman–Crippen LogP) is 2.14. The van der Waals surface area contributed by atoms with Crippen LogP contribution in [0.5, 0.6) is 0 Å². The van der Waals surface area contributed by atoms with Crippen molar-refractivity contribution in [2.24, 2.45) is 0 Å². The highest BCUT2D eigenvalue weighted by molar-refractivity contribution is 6.30. The van der Waals surface area contributed by atoms with Gasteiger partial charge in [0, 0.05) is 11.6 Å². The zero-order valence-corrected chi connectivity index (χ0v) is 11.2. The Morgan fingerprint density at radius 3 is 2.79 bits per heavy atom. The average molecular weight is 277 g/mol. The Hall–Kier alpha value is -2.14. The van der Waals surface area contributed by atoms with Crippen molar-refractivity contribution in [1.82, 2.24) is 20.1 Å². The lowest BCUT2D eigenvalue weighted by molar-refractivity contribution is 0.0947. The molecule has 0 aliphatic carbocycles. The molecule has 1 heterocycles. The number of benzene rings is 1. The third-order valence-corrected chi connectivity index (χ3v) is 2.70. The zero-order valence-electron chi connectivity index (χ0n) is 10.4. The second-order valence-electron chi connectivity index (χ2n) is 3.87. The van der Waals surface area contributed by atoms with Crippen molar-refractivity contribution in [1.29, 1.82) is 0 Å². The van der Waals surface area contributed by atoms with Gasteiger partial charge in [0.1, 0.15) is 5.82 Å². The van der Waals surface area contributed by atoms with Gasteiger partial charge in [-0.1, -0.05) is 17.7 Å². The van der Waals surface area contributed by atoms with E-state index in [0.29, 0.717) is 17.4 Å². The highest BCUT2D eigenvalue weighted by Gasteiger charge is 2.14. The number of rotatable bonds is 4. The molecule has 5 nitrogen and oxygen atoms in total. The molecule has 0 unspecified atom stereocenters. The molecule has 1 N–H and O–H groups in total. The molecular weight excluding hydrogens is 264 g/mol. The number of hydrogen-bond acceptors (Lipinski definition) is 3. The van der Waals surface area contributed by atoms with E-state index in [1.807, 2.05) is 12.1 Å². The summed E-state index contributed by atoms with van der Waals surface area (Å²) in [5.41, 5.74) is 0.803. The van der Waals surface area contributed by atoms with E-state index < -0.39 is 0 Å². The number of amides is 1. The molecule has 2 rings (SSSR count). The summed E-state index contributed by atoms with van der Waals surface area (Å²) in [5.74, 6) is 0.441. The van der Waals surface area contributed by atoms with Crippen molar-refractivity contribution >= 4 is 17.5 Å². The largest absolute Gasteiger partial charge is 0.346 e. The van der Waals surface area contributed by atoms with Crippen molar-refractivity contribution < 1.29 is 4.79 Å². The van der Waals surface area contributed by atoms with Crippen molar-refractivity contribution in [2.45, 2.75) is 6.92 Å². The summed E-state index contributed by atoms with van der Waals surface area (Å²) >= 11 is 5.83. The standard InChI is InChI=1S/C13H13ClN4O/c1-3-8-15-13(19)12-16-9(2)18(17-12)11-6-4-10(14)5-7-11/h3-7H,1,8H2,2H3,(H,15,19). The Morgan fingerprint density at radius 2 is 2.16 bits per heavy atom. The topological polar surface area (TPSA) is 59.8 Å². The van der Waals surface area contributed by atoms with Gasteiger partial charge in [0.2, 0.25) is 5.82 Å². The molecule has 0 saturated carbocycles. The molecular formula is C13H13ClN4O. The molecule has 0 fully saturated rings. The van der Waals surface area contributed by atoms with E-state index in [2.05, 4.69) is 22.0 Å². The van der Waals surface area contributed by atoms with Crippen LogP contribution >= 0.6 is 11.6 Å². The Kier molecular flexibility index (Phi) is 3.97. The van der Waals surface area contributed by atoms with Crippen molar-refractivity contribution in [3.05, 3.63) is 53.6 Å². The van der Waals surface area contributed by atoms with Gasteiger partial charge in [-0.15, -0.1) is 11.7 Å². The SMILES string of the molecule is C=CCNC(=O)c1nc(C)n(-c2ccc(Cl)cc2)n1. The highest BCUT2D eigenvalue weighted by Crippen LogP contribution is 2.14. The highest BCUT2D eigenvalue weighted by atomic mass is 35.5. The van der Waals surface area contributed by atoms with Gasteiger partial charge in [0.15, 0.2) is 0 Å². The fraction of sp³-hybridized carbons (Fsp3) is 0.154. The first-order valence-corrected chi connectivity index (χ1v) is 6.08. The van der Waals surface area contributed by atoms with Gasteiger partial charge < -0.3 is 5.32 Å². The summed E-state index contributed by atoms with van der Waals surface area (Å²) < 4.78 is 1.60. The van der Waals surface area contributed by atoms with Gasteiger partial charge >= 0.3 is 0 Å². The summed E-state index contributed by atoms with van der Waals surface area (Å²) in [4.78, 5) is 15.9. The van der Waals surface area contributed by atoms with E-state index in [1.54, 1.807) is 29.8 Å². The van der Waals surface area contributed by atoms with Gasteiger partial charge in [0.25, 0.3) is 5.91 Å². The number of nitrogens with one attached hydrogen (secondary N) is 1. The minimum Gasteiger partial charge on any atom is -0.346 e. The molecule has 19 heavy (non-hydrogen) atoms. The number of aromatic nitrogens is 3. The van der Waals surface area contributed by atoms with E-state index in [9.17, 15) is 4.79 Å². The molecule has 2 aromatic rings. The molecule has 0 aliphatic rings. The zero-order chi connectivity index (χ0) is 13.8. The quantitative estimate of drug-likeness (QED) is 0.871. The second-order valence-corrected chi connectivity index (χ2v) is 4.31. The first-order valence-electron chi connectivity index (χ1n) is 5.70. The third kappa shape index (κ3) is 3.00. The van der Waals surface area contributed by atoms with E-state index in [1.165, 1.54) is 0 Å². The van der Waals surface area contributed by atoms with Crippen molar-refractivity contribution in [3.63, 3.8) is 0 Å². The van der Waals surface area contributed by atoms with E-state index >= 15 is 0 Å². The molecule has 1 aromatic carbocycles. The minimum absolute atomic E-state index is 0.134. The van der Waals surface area contributed by atoms with Gasteiger partial charge in [0.05, 0.1) is 5.69 Å². The van der Waals surface area contributed by atoms with Crippen LogP contribution in [0.4, 0.5) is 0 Å². The van der Waals surface area contributed by atoms with Crippen LogP contribution in [0, 0.1) is 6.92 Å². The summed E-state index contributed by atoms with van der Waals surface area (Å²) in [5, 5.41) is 7.46. The van der Waals surface area contributed by atoms with E-state index in [0.717, 1.165) is 5.69 Å². The molecule has 1 aromatic heterocycles. The van der Waals surface area contributed by atoms with Crippen molar-refractivity contribution in [3.8, 4) is 5.69 Å². The normalized spacial score (nSPS) is 10.2. The molecule has 0 aliphatic heterocycles. The van der Waals surface area contributed by atoms with Crippen LogP contribution in [-0.4, -0.2) is 27.2 Å². The number of halogens is 1. The van der Waals surface area contributed by atoms with Crippen LogP contribution in [0.25, 0.3) is 5.69 Å². The molecule has 0 atom stereocenters. The smallest absolute Gasteiger partial charge is 0.291 e. The Morgan fingerprint density at radius 1 is 1.47 bits per heavy atom. The van der Waals surface area contributed by atoms with Crippen molar-refractivity contribution in [2.75, 3.05) is 6.54 Å². The van der Waals surface area contributed by atoms with Gasteiger partial charge in [-0.25, -0.2) is 9.67 Å². The van der Waals surface area contributed by atoms with Crippen LogP contribution in [0.15, 0.2) is 36.9 Å². The predicted molar refractivity (Wildman–Crippen MR) is 73.6 cm³/mol. The van der Waals surface area contributed by atoms with Crippen LogP contribution in [-0.2, 0) is 0 Å². The minimum atomic E-state index is -0.323. The molecule has 0 spiro atoms. The molecule has 0 bridgehead atoms. The van der Waals surface area contributed by atoms with Gasteiger partial charge in [-0.3, -0.25) is 4.79 Å². The maximum atomic E-state index is 11.7. The third-order valence-electron chi connectivity index (χ3n) is 2.45. The van der Waals surface area contributed by atoms with E-state index in [-0.39, 0.29) is 11.7 Å². The van der Waals surface area contributed by atoms with Crippen LogP contribution in [0.1, 0.15) is 16.4 Å². The van der Waals surface area contributed by atoms with Crippen LogP contribution in [0.2, 0.25) is 5.02 Å². The lowest BCUT2D eigenvalue weighted by atomic mass is 10.3. The number of carbonyl (C=O) groups excluding carboxylic acids is 1. The summed E-state index contributed by atoms with van der Waals surface area (Å²) in [7, 11) is 0. The maximum Gasteiger partial charge on any atom is 0.291 e. The van der Waals surface area contributed by atoms with Gasteiger partial charge in [-0.05, 0) is 31.2 Å². The monoisotopic (exact) mass is 276 g/mol. The molecule has 0 saturated heterocycles. The summed E-state index contributed by atoms with van der Waals surface area (Å²) in [6.45, 7) is 5.70. The fourth-order valence-corrected chi connectivity index (χ4v) is 1.68. The van der Waals surface area contributed by atoms with Crippen LogP contribution in [0.3, 0.4) is 0 Å². The Bertz CT molecular complexity index is 604. The summed E-state index contributed by atoms with van der Waals surface area (Å²) in [6, 6.07) is 7.15. The summed E-state index contributed by atoms with van der Waals surface area (Å²) in [6.07, 6.45) is 1.60. The molecule has 98 valence electrons. The van der Waals surface area contributed by atoms with Crippen LogP contribution < -0.4 is 5.32 Å². The molecule has 0 radical (unpaired) electrons. The maximum absolute atomic E-state index is 11.7. The van der Waals surface area contributed by atoms with Gasteiger partial charge in [-0.2, -0.15) is 0 Å². The average Bonchev–Trinajstić information content (AvgIpc) is 2.79. The molecule has 6 heteroatoms. The number of aryl methyl sites for hydroxylation is 1. The second kappa shape index (κ2) is 5.67. The lowest BCUT2D eigenvalue weighted by Gasteiger charge is -2.02. The number of nitrogens with zero attached hydrogens (tertiary/aromatic N) is 3. The lowest BCUT2D eigenvalue weighted by Crippen LogP contribution is -2.24. The first-order chi connectivity index (χ1) is 9.11. The molecule has 1 amide bonds. The first kappa shape index (κ1) is 13.3. The van der Waals surface area contributed by atoms with E-state index in [4.69, 9.17) is 11.6 Å².